The minimum Gasteiger partial charge on any atom is -0.542 e. The third kappa shape index (κ3) is 6.25. The molecule has 0 aliphatic heterocycles. The van der Waals surface area contributed by atoms with Crippen LogP contribution < -0.4 is 14.2 Å². The van der Waals surface area contributed by atoms with E-state index in [2.05, 4.69) is 44.6 Å². The summed E-state index contributed by atoms with van der Waals surface area (Å²) in [6.45, 7) is 14.3. The van der Waals surface area contributed by atoms with Crippen LogP contribution in [0.5, 0.6) is 11.5 Å². The highest BCUT2D eigenvalue weighted by Crippen LogP contribution is 2.34. The molecule has 0 radical (unpaired) electrons. The lowest BCUT2D eigenvalue weighted by molar-refractivity contribution is -0.114. The number of carbonyl (C=O) groups is 1. The molecule has 1 aromatic carbocycles. The molecule has 0 fully saturated rings. The second-order valence-electron chi connectivity index (χ2n) is 6.77. The Labute approximate surface area is 123 Å². The van der Waals surface area contributed by atoms with Crippen molar-refractivity contribution < 1.29 is 13.6 Å². The quantitative estimate of drug-likeness (QED) is 0.658. The maximum Gasteiger partial charge on any atom is 0.242 e. The Hall–Kier alpha value is -1.28. The van der Waals surface area contributed by atoms with Crippen LogP contribution in [0.2, 0.25) is 39.3 Å². The molecule has 0 aliphatic rings. The summed E-state index contributed by atoms with van der Waals surface area (Å²) in [5.41, 5.74) is 0.730. The Morgan fingerprint density at radius 1 is 0.950 bits per heavy atom. The minimum atomic E-state index is -1.74. The topological polar surface area (TPSA) is 47.6 Å². The van der Waals surface area contributed by atoms with E-state index in [4.69, 9.17) is 8.85 Å². The van der Waals surface area contributed by atoms with Gasteiger partial charge >= 0.3 is 0 Å². The Morgan fingerprint density at radius 2 is 1.45 bits per heavy atom. The standard InChI is InChI=1S/C14H25NO3Si2/c1-11(16)15-12-8-9-13(17-19(2,3)4)14(10-12)18-20(5,6)7/h8-10H,1-7H3,(H,15,16)/i15+1. The van der Waals surface area contributed by atoms with Gasteiger partial charge in [-0.05, 0) is 51.4 Å². The normalized spacial score (nSPS) is 11.9. The summed E-state index contributed by atoms with van der Waals surface area (Å²) in [5, 5.41) is 2.77. The van der Waals surface area contributed by atoms with Crippen LogP contribution in [0.25, 0.3) is 0 Å². The average molecular weight is 313 g/mol. The number of nitrogens with one attached hydrogen (secondary N) is 1. The summed E-state index contributed by atoms with van der Waals surface area (Å²) in [5.74, 6) is 1.39. The van der Waals surface area contributed by atoms with E-state index < -0.39 is 16.6 Å². The van der Waals surface area contributed by atoms with Crippen molar-refractivity contribution in [3.05, 3.63) is 18.2 Å². The summed E-state index contributed by atoms with van der Waals surface area (Å²) >= 11 is 0. The summed E-state index contributed by atoms with van der Waals surface area (Å²) in [7, 11) is -3.45. The molecular formula is C14H25NO3Si2. The van der Waals surface area contributed by atoms with Crippen LogP contribution in [0, 0.1) is 0 Å². The zero-order valence-electron chi connectivity index (χ0n) is 13.5. The first-order chi connectivity index (χ1) is 8.96. The van der Waals surface area contributed by atoms with Crippen molar-refractivity contribution in [2.75, 3.05) is 5.32 Å². The molecule has 0 unspecified atom stereocenters. The fourth-order valence-electron chi connectivity index (χ4n) is 1.61. The van der Waals surface area contributed by atoms with Gasteiger partial charge in [-0.15, -0.1) is 0 Å². The zero-order valence-corrected chi connectivity index (χ0v) is 15.5. The first-order valence-corrected chi connectivity index (χ1v) is 13.6. The van der Waals surface area contributed by atoms with Gasteiger partial charge in [-0.3, -0.25) is 4.79 Å². The molecule has 6 heteroatoms. The molecule has 1 aromatic rings. The maximum atomic E-state index is 11.2. The van der Waals surface area contributed by atoms with Gasteiger partial charge < -0.3 is 14.2 Å². The fraction of sp³-hybridized carbons (Fsp3) is 0.500. The van der Waals surface area contributed by atoms with E-state index in [1.54, 1.807) is 0 Å². The number of benzene rings is 1. The monoisotopic (exact) mass is 312 g/mol. The van der Waals surface area contributed by atoms with E-state index in [0.29, 0.717) is 0 Å². The molecular weight excluding hydrogens is 287 g/mol. The van der Waals surface area contributed by atoms with E-state index >= 15 is 0 Å². The highest BCUT2D eigenvalue weighted by atomic mass is 28.4. The number of hydrogen-bond acceptors (Lipinski definition) is 3. The predicted octanol–water partition coefficient (Wildman–Crippen LogP) is 4.07. The van der Waals surface area contributed by atoms with Crippen LogP contribution in [-0.2, 0) is 4.79 Å². The largest absolute Gasteiger partial charge is 0.542 e. The van der Waals surface area contributed by atoms with E-state index in [9.17, 15) is 4.79 Å². The Kier molecular flexibility index (Phi) is 5.04. The smallest absolute Gasteiger partial charge is 0.242 e. The lowest BCUT2D eigenvalue weighted by atomic mass is 10.3. The van der Waals surface area contributed by atoms with Crippen molar-refractivity contribution in [1.29, 1.82) is 0 Å². The predicted molar refractivity (Wildman–Crippen MR) is 88.7 cm³/mol. The van der Waals surface area contributed by atoms with Crippen molar-refractivity contribution >= 4 is 28.2 Å². The molecule has 112 valence electrons. The van der Waals surface area contributed by atoms with Gasteiger partial charge in [0.25, 0.3) is 0 Å². The lowest BCUT2D eigenvalue weighted by Crippen LogP contribution is -2.32. The molecule has 0 spiro atoms. The van der Waals surface area contributed by atoms with E-state index in [0.717, 1.165) is 17.2 Å². The second kappa shape index (κ2) is 6.01. The number of rotatable bonds is 5. The molecule has 0 atom stereocenters. The summed E-state index contributed by atoms with van der Waals surface area (Å²) < 4.78 is 12.1. The molecule has 0 bridgehead atoms. The first-order valence-electron chi connectivity index (χ1n) is 6.76. The maximum absolute atomic E-state index is 11.2. The highest BCUT2D eigenvalue weighted by molar-refractivity contribution is 6.71. The molecule has 0 aromatic heterocycles. The Morgan fingerprint density at radius 3 is 1.90 bits per heavy atom. The van der Waals surface area contributed by atoms with Crippen LogP contribution in [0.1, 0.15) is 6.92 Å². The van der Waals surface area contributed by atoms with Crippen LogP contribution in [-0.4, -0.2) is 22.5 Å². The average Bonchev–Trinajstić information content (AvgIpc) is 2.16. The third-order valence-corrected chi connectivity index (χ3v) is 3.76. The van der Waals surface area contributed by atoms with Crippen LogP contribution in [0.4, 0.5) is 5.69 Å². The molecule has 1 rings (SSSR count). The van der Waals surface area contributed by atoms with E-state index in [-0.39, 0.29) is 5.91 Å². The summed E-state index contributed by atoms with van der Waals surface area (Å²) in [6, 6.07) is 5.56. The highest BCUT2D eigenvalue weighted by Gasteiger charge is 2.23. The van der Waals surface area contributed by atoms with Crippen molar-refractivity contribution in [2.45, 2.75) is 46.2 Å². The third-order valence-electron chi connectivity index (χ3n) is 2.10. The molecule has 0 aliphatic carbocycles. The summed E-state index contributed by atoms with van der Waals surface area (Å²) in [6.07, 6.45) is 0. The van der Waals surface area contributed by atoms with Crippen molar-refractivity contribution in [3.8, 4) is 11.5 Å². The van der Waals surface area contributed by atoms with Gasteiger partial charge in [-0.2, -0.15) is 0 Å². The van der Waals surface area contributed by atoms with Crippen molar-refractivity contribution in [2.24, 2.45) is 0 Å². The van der Waals surface area contributed by atoms with Gasteiger partial charge in [-0.1, -0.05) is 0 Å². The van der Waals surface area contributed by atoms with Gasteiger partial charge in [0.05, 0.1) is 0 Å². The van der Waals surface area contributed by atoms with Crippen molar-refractivity contribution in [1.82, 2.24) is 0 Å². The minimum absolute atomic E-state index is 0.0946. The molecule has 0 saturated heterocycles. The number of carbonyl (C=O) groups excluding carboxylic acids is 1. The van der Waals surface area contributed by atoms with Crippen LogP contribution in [0.3, 0.4) is 0 Å². The molecule has 0 heterocycles. The van der Waals surface area contributed by atoms with Crippen LogP contribution in [0.15, 0.2) is 18.2 Å². The molecule has 1 amide bonds. The van der Waals surface area contributed by atoms with E-state index in [1.165, 1.54) is 6.92 Å². The number of anilines is 1. The number of amides is 1. The van der Waals surface area contributed by atoms with Gasteiger partial charge in [0.15, 0.2) is 0 Å². The fourth-order valence-corrected chi connectivity index (χ4v) is 3.26. The molecule has 20 heavy (non-hydrogen) atoms. The van der Waals surface area contributed by atoms with E-state index in [1.807, 2.05) is 18.2 Å². The Bertz CT molecular complexity index is 490. The lowest BCUT2D eigenvalue weighted by Gasteiger charge is -2.26. The van der Waals surface area contributed by atoms with Gasteiger partial charge in [0.1, 0.15) is 11.5 Å². The summed E-state index contributed by atoms with van der Waals surface area (Å²) in [4.78, 5) is 11.2. The van der Waals surface area contributed by atoms with Gasteiger partial charge in [0.2, 0.25) is 22.5 Å². The molecule has 0 saturated carbocycles. The Balaban J connectivity index is 3.12. The molecule has 1 N–H and O–H groups in total. The van der Waals surface area contributed by atoms with Crippen molar-refractivity contribution in [3.63, 3.8) is 0 Å². The number of hydrogen-bond donors (Lipinski definition) is 1. The first kappa shape index (κ1) is 16.8. The van der Waals surface area contributed by atoms with Crippen LogP contribution >= 0.6 is 0 Å². The second-order valence-corrected chi connectivity index (χ2v) is 15.6. The van der Waals surface area contributed by atoms with Gasteiger partial charge in [0, 0.05) is 18.7 Å². The molecule has 4 nitrogen and oxygen atoms in total. The zero-order chi connectivity index (χ0) is 15.6. The van der Waals surface area contributed by atoms with Gasteiger partial charge in [-0.25, -0.2) is 0 Å². The SMILES string of the molecule is CC(=O)[15NH]c1ccc(O[Si](C)(C)C)c(O[Si](C)(C)C)c1.